The lowest BCUT2D eigenvalue weighted by atomic mass is 9.33. The zero-order chi connectivity index (χ0) is 63.4. The number of hydrogen-bond acceptors (Lipinski definition) is 19. The number of carbonyl (C=O) groups is 7. The van der Waals surface area contributed by atoms with Crippen LogP contribution in [0.2, 0.25) is 0 Å². The minimum atomic E-state index is -2.09. The van der Waals surface area contributed by atoms with Crippen LogP contribution in [-0.2, 0) is 66.7 Å². The van der Waals surface area contributed by atoms with Gasteiger partial charge in [-0.2, -0.15) is 0 Å². The lowest BCUT2D eigenvalue weighted by Gasteiger charge is -2.70. The van der Waals surface area contributed by atoms with Gasteiger partial charge in [-0.3, -0.25) is 19.2 Å². The molecule has 0 bridgehead atoms. The molecule has 0 aromatic rings. The van der Waals surface area contributed by atoms with Crippen molar-refractivity contribution in [3.63, 3.8) is 0 Å². The standard InChI is InChI=1S/C63H101N3O19/c1-17-30(4)38(52(75)79-14)64-50(73)46-42(69)41(68)45(72)55(83-46)85-48-44(71)43(70)47(51(74)65-39(31(5)18-2)53(76)80-15)84-56(48)82-37-21-22-61(11)36(58(37,7)8)20-23-63(13)49(61)35(67)28-33-34-29-60(10,25-24-59(34,9)26-27-62(33,63)12)57(78)66-40(32(6)19-3)54(77)81-16/h28,30-32,34,36-49,55-56,68-72H,17-27,29H2,1-16H3,(H,64,73)(H,65,74)(H,66,78)/t30-,31-,32-,34-,36-,37-,38-,39-,40-,41-,42-,43-,44-,45+,46-,47-,48+,49+,55-,56+,59+,60-,61-,62+,63+/m0/s1. The van der Waals surface area contributed by atoms with Gasteiger partial charge in [0, 0.05) is 11.3 Å². The predicted octanol–water partition coefficient (Wildman–Crippen LogP) is 4.10. The third-order valence-electron chi connectivity index (χ3n) is 23.2. The number of fused-ring (bicyclic) bond motifs is 7. The summed E-state index contributed by atoms with van der Waals surface area (Å²) in [5, 5.41) is 65.9. The van der Waals surface area contributed by atoms with Crippen molar-refractivity contribution in [3.8, 4) is 0 Å². The number of aliphatic hydroxyl groups is 5. The average molecular weight is 1200 g/mol. The van der Waals surface area contributed by atoms with Gasteiger partial charge < -0.3 is 74.6 Å². The highest BCUT2D eigenvalue weighted by Gasteiger charge is 2.71. The molecular weight excluding hydrogens is 1100 g/mol. The molecule has 22 heteroatoms. The second-order valence-electron chi connectivity index (χ2n) is 28.3. The number of aliphatic hydroxyl groups excluding tert-OH is 5. The number of amides is 3. The third-order valence-corrected chi connectivity index (χ3v) is 23.2. The van der Waals surface area contributed by atoms with Gasteiger partial charge in [0.15, 0.2) is 30.6 Å². The maximum absolute atomic E-state index is 15.5. The molecule has 0 radical (unpaired) electrons. The minimum absolute atomic E-state index is 0.0459. The summed E-state index contributed by atoms with van der Waals surface area (Å²) in [5.41, 5.74) is -2.15. The van der Waals surface area contributed by atoms with Crippen molar-refractivity contribution in [1.29, 1.82) is 0 Å². The molecule has 2 heterocycles. The zero-order valence-electron chi connectivity index (χ0n) is 53.1. The number of methoxy groups -OCH3 is 3. The van der Waals surface area contributed by atoms with Gasteiger partial charge in [-0.1, -0.05) is 115 Å². The first-order valence-corrected chi connectivity index (χ1v) is 31.1. The van der Waals surface area contributed by atoms with E-state index in [1.165, 1.54) is 14.2 Å². The number of carbonyl (C=O) groups excluding carboxylic acids is 7. The van der Waals surface area contributed by atoms with E-state index in [4.69, 9.17) is 33.2 Å². The molecule has 2 aliphatic heterocycles. The molecule has 7 rings (SSSR count). The Kier molecular flexibility index (Phi) is 20.7. The number of allylic oxidation sites excluding steroid dienone is 2. The molecule has 0 unspecified atom stereocenters. The Morgan fingerprint density at radius 3 is 1.59 bits per heavy atom. The summed E-state index contributed by atoms with van der Waals surface area (Å²) in [6.45, 7) is 26.1. The van der Waals surface area contributed by atoms with Gasteiger partial charge >= 0.3 is 17.9 Å². The van der Waals surface area contributed by atoms with Crippen molar-refractivity contribution < 1.29 is 92.3 Å². The number of nitrogens with one attached hydrogen (secondary N) is 3. The molecule has 4 saturated carbocycles. The van der Waals surface area contributed by atoms with Crippen LogP contribution in [0, 0.1) is 68.0 Å². The van der Waals surface area contributed by atoms with Crippen LogP contribution in [0.25, 0.3) is 0 Å². The van der Waals surface area contributed by atoms with E-state index in [0.717, 1.165) is 31.9 Å². The van der Waals surface area contributed by atoms with Gasteiger partial charge in [0.25, 0.3) is 11.8 Å². The summed E-state index contributed by atoms with van der Waals surface area (Å²) in [4.78, 5) is 96.8. The zero-order valence-corrected chi connectivity index (χ0v) is 53.1. The minimum Gasteiger partial charge on any atom is -0.467 e. The van der Waals surface area contributed by atoms with Crippen LogP contribution in [0.5, 0.6) is 0 Å². The van der Waals surface area contributed by atoms with E-state index < -0.39 is 160 Å². The molecule has 482 valence electrons. The van der Waals surface area contributed by atoms with Crippen LogP contribution in [0.1, 0.15) is 167 Å². The van der Waals surface area contributed by atoms with Gasteiger partial charge in [0.1, 0.15) is 54.7 Å². The van der Waals surface area contributed by atoms with Crippen molar-refractivity contribution in [2.45, 2.75) is 253 Å². The van der Waals surface area contributed by atoms with Crippen molar-refractivity contribution in [3.05, 3.63) is 11.6 Å². The quantitative estimate of drug-likeness (QED) is 0.0513. The van der Waals surface area contributed by atoms with E-state index in [-0.39, 0.29) is 34.9 Å². The highest BCUT2D eigenvalue weighted by atomic mass is 16.8. The SMILES string of the molecule is CC[C@H](C)[C@H](NC(=O)[C@H]1O[C@@H](O[C@H]2[C@H](O[C@H]3CC[C@]4(C)[C@H]5C(=O)C=C6[C@@H]7C[C@@](C)(C(=O)N[C@H](C(=O)OC)[C@@H](C)CC)CC[C@]7(C)CC[C@@]6(C)[C@]5(C)CC[C@H]4C3(C)C)O[C@H](C(=O)N[C@H](C(=O)OC)[C@@H](C)CC)[C@@H](O)[C@@H]2O)[C@H](O)[C@@H](O)[C@@H]1O)C(=O)OC. The van der Waals surface area contributed by atoms with Crippen LogP contribution < -0.4 is 16.0 Å². The number of esters is 3. The Bertz CT molecular complexity index is 2530. The van der Waals surface area contributed by atoms with Gasteiger partial charge in [0.05, 0.1) is 27.4 Å². The molecule has 0 spiro atoms. The normalized spacial score (nSPS) is 41.6. The lowest BCUT2D eigenvalue weighted by molar-refractivity contribution is -0.369. The molecule has 85 heavy (non-hydrogen) atoms. The van der Waals surface area contributed by atoms with E-state index in [1.54, 1.807) is 20.8 Å². The number of ether oxygens (including phenoxy) is 7. The molecule has 8 N–H and O–H groups in total. The van der Waals surface area contributed by atoms with Crippen molar-refractivity contribution >= 4 is 41.4 Å². The smallest absolute Gasteiger partial charge is 0.328 e. The molecule has 6 fully saturated rings. The Balaban J connectivity index is 1.19. The van der Waals surface area contributed by atoms with Crippen molar-refractivity contribution in [1.82, 2.24) is 16.0 Å². The van der Waals surface area contributed by atoms with E-state index >= 15 is 4.79 Å². The Hall–Kier alpha value is -4.13. The second-order valence-corrected chi connectivity index (χ2v) is 28.3. The fourth-order valence-corrected chi connectivity index (χ4v) is 16.6. The molecule has 25 atom stereocenters. The fraction of sp³-hybridized carbons (Fsp3) is 0.857. The molecule has 0 aromatic heterocycles. The summed E-state index contributed by atoms with van der Waals surface area (Å²) < 4.78 is 40.5. The van der Waals surface area contributed by atoms with E-state index in [2.05, 4.69) is 43.6 Å². The first-order valence-electron chi connectivity index (χ1n) is 31.1. The largest absolute Gasteiger partial charge is 0.467 e. The lowest BCUT2D eigenvalue weighted by Crippen LogP contribution is -2.69. The molecule has 0 aromatic carbocycles. The topological polar surface area (TPSA) is 321 Å². The summed E-state index contributed by atoms with van der Waals surface area (Å²) in [7, 11) is 3.64. The Labute approximate surface area is 501 Å². The van der Waals surface area contributed by atoms with E-state index in [1.807, 2.05) is 47.6 Å². The highest BCUT2D eigenvalue weighted by Crippen LogP contribution is 2.75. The maximum Gasteiger partial charge on any atom is 0.328 e. The number of ketones is 1. The fourth-order valence-electron chi connectivity index (χ4n) is 16.6. The van der Waals surface area contributed by atoms with Gasteiger partial charge in [0.2, 0.25) is 5.91 Å². The first-order chi connectivity index (χ1) is 39.6. The molecule has 2 saturated heterocycles. The maximum atomic E-state index is 15.5. The number of rotatable bonds is 19. The van der Waals surface area contributed by atoms with Gasteiger partial charge in [-0.25, -0.2) is 14.4 Å². The van der Waals surface area contributed by atoms with Crippen LogP contribution in [0.3, 0.4) is 0 Å². The van der Waals surface area contributed by atoms with Crippen LogP contribution in [-0.4, -0.2) is 174 Å². The molecule has 5 aliphatic carbocycles. The first kappa shape index (κ1) is 68.4. The van der Waals surface area contributed by atoms with Crippen molar-refractivity contribution in [2.75, 3.05) is 21.3 Å². The molecule has 7 aliphatic rings. The second kappa shape index (κ2) is 25.8. The summed E-state index contributed by atoms with van der Waals surface area (Å²) in [5.74, 6) is -5.89. The van der Waals surface area contributed by atoms with Crippen LogP contribution in [0.15, 0.2) is 11.6 Å². The average Bonchev–Trinajstić information content (AvgIpc) is 0.726. The third kappa shape index (κ3) is 12.1. The van der Waals surface area contributed by atoms with Gasteiger partial charge in [-0.05, 0) is 121 Å². The predicted molar refractivity (Wildman–Crippen MR) is 307 cm³/mol. The van der Waals surface area contributed by atoms with E-state index in [0.29, 0.717) is 57.8 Å². The summed E-state index contributed by atoms with van der Waals surface area (Å²) >= 11 is 0. The summed E-state index contributed by atoms with van der Waals surface area (Å²) in [6.07, 6.45) is -11.2. The Morgan fingerprint density at radius 2 is 1.08 bits per heavy atom. The highest BCUT2D eigenvalue weighted by molar-refractivity contribution is 5.96. The van der Waals surface area contributed by atoms with E-state index in [9.17, 15) is 54.3 Å². The number of hydrogen-bond donors (Lipinski definition) is 8. The molecule has 3 amide bonds. The van der Waals surface area contributed by atoms with Gasteiger partial charge in [-0.15, -0.1) is 0 Å². The summed E-state index contributed by atoms with van der Waals surface area (Å²) in [6, 6.07) is -3.16. The van der Waals surface area contributed by atoms with Crippen LogP contribution >= 0.6 is 0 Å². The Morgan fingerprint density at radius 1 is 0.600 bits per heavy atom. The molecular formula is C63H101N3O19. The monoisotopic (exact) mass is 1200 g/mol. The van der Waals surface area contributed by atoms with Crippen molar-refractivity contribution in [2.24, 2.45) is 68.0 Å². The molecule has 22 nitrogen and oxygen atoms in total. The van der Waals surface area contributed by atoms with Crippen LogP contribution in [0.4, 0.5) is 0 Å².